The Morgan fingerprint density at radius 2 is 1.68 bits per heavy atom. The van der Waals surface area contributed by atoms with Crippen LogP contribution in [0.15, 0.2) is 72.8 Å². The molecule has 1 aliphatic rings. The third-order valence-corrected chi connectivity index (χ3v) is 7.15. The van der Waals surface area contributed by atoms with Crippen molar-refractivity contribution in [2.45, 2.75) is 32.4 Å². The summed E-state index contributed by atoms with van der Waals surface area (Å²) >= 11 is 5.77. The minimum absolute atomic E-state index is 0.0302. The van der Waals surface area contributed by atoms with Crippen LogP contribution < -0.4 is 19.7 Å². The van der Waals surface area contributed by atoms with Gasteiger partial charge >= 0.3 is 5.97 Å². The van der Waals surface area contributed by atoms with Crippen molar-refractivity contribution in [3.8, 4) is 11.5 Å². The number of carbonyl (C=O) groups excluding carboxylic acids is 3. The van der Waals surface area contributed by atoms with Gasteiger partial charge in [0.25, 0.3) is 5.91 Å². The number of benzene rings is 3. The zero-order valence-electron chi connectivity index (χ0n) is 23.3. The highest BCUT2D eigenvalue weighted by Crippen LogP contribution is 2.29. The number of hydrogen-bond donors (Lipinski definition) is 1. The molecule has 0 bridgehead atoms. The number of ether oxygens (including phenoxy) is 3. The minimum atomic E-state index is -0.789. The largest absolute Gasteiger partial charge is 0.493 e. The number of thiocarbonyl (C=S) groups is 1. The molecule has 2 amide bonds. The van der Waals surface area contributed by atoms with Gasteiger partial charge in [0.15, 0.2) is 16.6 Å². The summed E-state index contributed by atoms with van der Waals surface area (Å²) in [5.74, 6) is 0.0355. The maximum absolute atomic E-state index is 13.7. The van der Waals surface area contributed by atoms with Gasteiger partial charge in [-0.15, -0.1) is 0 Å². The molecular formula is C31H33N3O6S. The highest BCUT2D eigenvalue weighted by Gasteiger charge is 2.43. The van der Waals surface area contributed by atoms with E-state index in [4.69, 9.17) is 26.4 Å². The second-order valence-corrected chi connectivity index (χ2v) is 9.72. The number of nitrogens with one attached hydrogen (secondary N) is 1. The normalized spacial score (nSPS) is 14.5. The lowest BCUT2D eigenvalue weighted by atomic mass is 10.1. The Morgan fingerprint density at radius 3 is 2.34 bits per heavy atom. The molecule has 3 aromatic rings. The molecule has 1 atom stereocenters. The van der Waals surface area contributed by atoms with Crippen molar-refractivity contribution in [1.29, 1.82) is 0 Å². The van der Waals surface area contributed by atoms with Gasteiger partial charge in [0.05, 0.1) is 38.5 Å². The van der Waals surface area contributed by atoms with Crippen LogP contribution in [0, 0.1) is 0 Å². The third-order valence-electron chi connectivity index (χ3n) is 6.77. The second-order valence-electron chi connectivity index (χ2n) is 9.33. The van der Waals surface area contributed by atoms with Crippen molar-refractivity contribution in [3.05, 3.63) is 89.5 Å². The number of imide groups is 1. The Kier molecular flexibility index (Phi) is 9.91. The van der Waals surface area contributed by atoms with Gasteiger partial charge in [-0.05, 0) is 73.1 Å². The Morgan fingerprint density at radius 1 is 0.976 bits per heavy atom. The van der Waals surface area contributed by atoms with Gasteiger partial charge in [0.1, 0.15) is 6.04 Å². The fraction of sp³-hybridized carbons (Fsp3) is 0.290. The molecule has 214 valence electrons. The number of rotatable bonds is 11. The smallest absolute Gasteiger partial charge is 0.338 e. The molecule has 1 saturated heterocycles. The van der Waals surface area contributed by atoms with Gasteiger partial charge in [-0.1, -0.05) is 36.4 Å². The summed E-state index contributed by atoms with van der Waals surface area (Å²) in [4.78, 5) is 41.8. The molecule has 0 aromatic heterocycles. The molecule has 0 saturated carbocycles. The molecule has 1 aliphatic heterocycles. The molecule has 3 aromatic carbocycles. The zero-order chi connectivity index (χ0) is 29.4. The molecule has 0 aliphatic carbocycles. The van der Waals surface area contributed by atoms with Gasteiger partial charge < -0.3 is 24.4 Å². The third kappa shape index (κ3) is 7.01. The predicted molar refractivity (Wildman–Crippen MR) is 159 cm³/mol. The SMILES string of the molecule is CCOC(=O)c1ccc(N2C(=O)CC(N(CCc3ccc(OC)c(OC)c3)C(=S)NCc3ccccc3)C2=O)cc1. The fourth-order valence-electron chi connectivity index (χ4n) is 4.65. The van der Waals surface area contributed by atoms with Crippen LogP contribution in [-0.2, 0) is 27.3 Å². The highest BCUT2D eigenvalue weighted by molar-refractivity contribution is 7.80. The molecule has 0 spiro atoms. The van der Waals surface area contributed by atoms with Gasteiger partial charge in [0.2, 0.25) is 5.91 Å². The number of esters is 1. The summed E-state index contributed by atoms with van der Waals surface area (Å²) in [5.41, 5.74) is 2.72. The van der Waals surface area contributed by atoms with Crippen LogP contribution >= 0.6 is 12.2 Å². The van der Waals surface area contributed by atoms with Crippen molar-refractivity contribution in [2.75, 3.05) is 32.3 Å². The van der Waals surface area contributed by atoms with E-state index in [1.54, 1.807) is 50.3 Å². The Hall–Kier alpha value is -4.44. The maximum atomic E-state index is 13.7. The fourth-order valence-corrected chi connectivity index (χ4v) is 4.94. The van der Waals surface area contributed by atoms with Crippen molar-refractivity contribution in [1.82, 2.24) is 10.2 Å². The summed E-state index contributed by atoms with van der Waals surface area (Å²) in [5, 5.41) is 3.63. The van der Waals surface area contributed by atoms with Gasteiger partial charge in [-0.2, -0.15) is 0 Å². The summed E-state index contributed by atoms with van der Waals surface area (Å²) in [6, 6.07) is 20.9. The van der Waals surface area contributed by atoms with Crippen LogP contribution in [0.3, 0.4) is 0 Å². The van der Waals surface area contributed by atoms with E-state index in [-0.39, 0.29) is 24.8 Å². The average molecular weight is 576 g/mol. The summed E-state index contributed by atoms with van der Waals surface area (Å²) < 4.78 is 15.8. The number of methoxy groups -OCH3 is 2. The molecule has 1 fully saturated rings. The first-order valence-electron chi connectivity index (χ1n) is 13.3. The molecular weight excluding hydrogens is 542 g/mol. The van der Waals surface area contributed by atoms with Crippen molar-refractivity contribution in [2.24, 2.45) is 0 Å². The molecule has 10 heteroatoms. The number of amides is 2. The van der Waals surface area contributed by atoms with Crippen LogP contribution in [0.5, 0.6) is 11.5 Å². The quantitative estimate of drug-likeness (QED) is 0.206. The molecule has 41 heavy (non-hydrogen) atoms. The van der Waals surface area contributed by atoms with Gasteiger partial charge in [-0.25, -0.2) is 9.69 Å². The molecule has 4 rings (SSSR count). The number of anilines is 1. The lowest BCUT2D eigenvalue weighted by Gasteiger charge is -2.30. The number of hydrogen-bond acceptors (Lipinski definition) is 7. The van der Waals surface area contributed by atoms with Crippen LogP contribution in [-0.4, -0.2) is 61.2 Å². The maximum Gasteiger partial charge on any atom is 0.338 e. The molecule has 1 heterocycles. The van der Waals surface area contributed by atoms with E-state index < -0.39 is 12.0 Å². The topological polar surface area (TPSA) is 97.4 Å². The van der Waals surface area contributed by atoms with E-state index in [0.717, 1.165) is 16.0 Å². The van der Waals surface area contributed by atoms with Crippen LogP contribution in [0.2, 0.25) is 0 Å². The predicted octanol–water partition coefficient (Wildman–Crippen LogP) is 4.13. The van der Waals surface area contributed by atoms with Crippen LogP contribution in [0.1, 0.15) is 34.8 Å². The standard InChI is InChI=1S/C31H33N3O6S/c1-4-40-30(37)23-11-13-24(14-12-23)34-28(35)19-25(29(34)36)33(31(41)32-20-22-8-6-5-7-9-22)17-16-21-10-15-26(38-2)27(18-21)39-3/h5-15,18,25H,4,16-17,19-20H2,1-3H3,(H,32,41). The van der Waals surface area contributed by atoms with E-state index in [1.165, 1.54) is 0 Å². The van der Waals surface area contributed by atoms with Crippen molar-refractivity contribution >= 4 is 40.8 Å². The lowest BCUT2D eigenvalue weighted by Crippen LogP contribution is -2.50. The molecule has 1 unspecified atom stereocenters. The number of carbonyl (C=O) groups is 3. The van der Waals surface area contributed by atoms with E-state index in [9.17, 15) is 14.4 Å². The molecule has 0 radical (unpaired) electrons. The first-order valence-corrected chi connectivity index (χ1v) is 13.7. The minimum Gasteiger partial charge on any atom is -0.493 e. The molecule has 9 nitrogen and oxygen atoms in total. The number of nitrogens with zero attached hydrogens (tertiary/aromatic N) is 2. The summed E-state index contributed by atoms with van der Waals surface area (Å²) in [6.45, 7) is 2.84. The first kappa shape index (κ1) is 29.5. The van der Waals surface area contributed by atoms with Crippen LogP contribution in [0.25, 0.3) is 0 Å². The van der Waals surface area contributed by atoms with E-state index in [2.05, 4.69) is 5.32 Å². The van der Waals surface area contributed by atoms with Crippen molar-refractivity contribution < 1.29 is 28.6 Å². The van der Waals surface area contributed by atoms with Crippen molar-refractivity contribution in [3.63, 3.8) is 0 Å². The zero-order valence-corrected chi connectivity index (χ0v) is 24.1. The Labute approximate surface area is 245 Å². The average Bonchev–Trinajstić information content (AvgIpc) is 3.29. The summed E-state index contributed by atoms with van der Waals surface area (Å²) in [7, 11) is 3.15. The van der Waals surface area contributed by atoms with Crippen LogP contribution in [0.4, 0.5) is 5.69 Å². The Bertz CT molecular complexity index is 1400. The molecule has 1 N–H and O–H groups in total. The first-order chi connectivity index (χ1) is 19.9. The van der Waals surface area contributed by atoms with E-state index in [0.29, 0.717) is 47.4 Å². The van der Waals surface area contributed by atoms with E-state index in [1.807, 2.05) is 48.5 Å². The second kappa shape index (κ2) is 13.8. The lowest BCUT2D eigenvalue weighted by molar-refractivity contribution is -0.122. The monoisotopic (exact) mass is 575 g/mol. The van der Waals surface area contributed by atoms with Gasteiger partial charge in [0, 0.05) is 13.1 Å². The highest BCUT2D eigenvalue weighted by atomic mass is 32.1. The summed E-state index contributed by atoms with van der Waals surface area (Å²) in [6.07, 6.45) is 0.511. The van der Waals surface area contributed by atoms with E-state index >= 15 is 0 Å². The Balaban J connectivity index is 1.55. The van der Waals surface area contributed by atoms with Gasteiger partial charge in [-0.3, -0.25) is 9.59 Å².